The maximum Gasteiger partial charge on any atom is 0.222 e. The second kappa shape index (κ2) is 10.4. The third-order valence-corrected chi connectivity index (χ3v) is 7.08. The third-order valence-electron chi connectivity index (χ3n) is 6.14. The van der Waals surface area contributed by atoms with Crippen LogP contribution in [-0.4, -0.2) is 42.6 Å². The fourth-order valence-corrected chi connectivity index (χ4v) is 5.28. The lowest BCUT2D eigenvalue weighted by atomic mass is 10.0. The summed E-state index contributed by atoms with van der Waals surface area (Å²) in [5.41, 5.74) is 1.13. The first-order chi connectivity index (χ1) is 14.3. The fraction of sp³-hybridized carbons (Fsp3) is 0.542. The smallest absolute Gasteiger partial charge is 0.222 e. The molecule has 1 amide bonds. The van der Waals surface area contributed by atoms with E-state index in [1.165, 1.54) is 30.6 Å². The van der Waals surface area contributed by atoms with Crippen LogP contribution in [0.25, 0.3) is 0 Å². The number of likely N-dealkylation sites (tertiary alicyclic amines) is 1. The van der Waals surface area contributed by atoms with Crippen LogP contribution in [0, 0.1) is 0 Å². The molecule has 2 fully saturated rings. The molecule has 156 valence electrons. The summed E-state index contributed by atoms with van der Waals surface area (Å²) in [4.78, 5) is 16.3. The van der Waals surface area contributed by atoms with Gasteiger partial charge in [0.05, 0.1) is 18.2 Å². The molecule has 1 saturated heterocycles. The van der Waals surface area contributed by atoms with Crippen LogP contribution < -0.4 is 5.32 Å². The summed E-state index contributed by atoms with van der Waals surface area (Å²) in [6, 6.07) is 14.3. The quantitative estimate of drug-likeness (QED) is 0.679. The Kier molecular flexibility index (Phi) is 7.36. The Balaban J connectivity index is 1.23. The van der Waals surface area contributed by atoms with Crippen LogP contribution in [0.2, 0.25) is 0 Å². The largest absolute Gasteiger partial charge is 0.375 e. The van der Waals surface area contributed by atoms with Crippen molar-refractivity contribution in [3.05, 3.63) is 58.3 Å². The van der Waals surface area contributed by atoms with Crippen molar-refractivity contribution in [1.29, 1.82) is 0 Å². The molecule has 1 aliphatic carbocycles. The van der Waals surface area contributed by atoms with E-state index in [0.29, 0.717) is 18.6 Å². The number of thiophene rings is 1. The number of ether oxygens (including phenoxy) is 1. The van der Waals surface area contributed by atoms with E-state index in [1.54, 1.807) is 11.3 Å². The van der Waals surface area contributed by atoms with E-state index >= 15 is 0 Å². The number of carbonyl (C=O) groups excluding carboxylic acids is 1. The molecule has 1 aliphatic heterocycles. The van der Waals surface area contributed by atoms with Gasteiger partial charge < -0.3 is 15.0 Å². The van der Waals surface area contributed by atoms with Gasteiger partial charge >= 0.3 is 0 Å². The van der Waals surface area contributed by atoms with E-state index in [9.17, 15) is 4.79 Å². The van der Waals surface area contributed by atoms with E-state index in [2.05, 4.69) is 33.8 Å². The molecule has 5 heteroatoms. The zero-order valence-electron chi connectivity index (χ0n) is 17.1. The minimum absolute atomic E-state index is 0.0609. The zero-order valence-corrected chi connectivity index (χ0v) is 17.9. The van der Waals surface area contributed by atoms with Gasteiger partial charge in [0.15, 0.2) is 0 Å². The van der Waals surface area contributed by atoms with E-state index in [4.69, 9.17) is 4.74 Å². The molecule has 2 aromatic rings. The molecule has 2 aliphatic rings. The van der Waals surface area contributed by atoms with Gasteiger partial charge in [-0.3, -0.25) is 4.79 Å². The normalized spacial score (nSPS) is 20.0. The first-order valence-electron chi connectivity index (χ1n) is 11.0. The molecule has 0 bridgehead atoms. The van der Waals surface area contributed by atoms with E-state index in [-0.39, 0.29) is 11.9 Å². The van der Waals surface area contributed by atoms with Gasteiger partial charge in [0.2, 0.25) is 5.91 Å². The molecular weight excluding hydrogens is 380 g/mol. The first-order valence-corrected chi connectivity index (χ1v) is 11.9. The Bertz CT molecular complexity index is 736. The minimum Gasteiger partial charge on any atom is -0.375 e. The van der Waals surface area contributed by atoms with Crippen LogP contribution in [0.15, 0.2) is 47.8 Å². The average molecular weight is 413 g/mol. The summed E-state index contributed by atoms with van der Waals surface area (Å²) >= 11 is 1.69. The minimum atomic E-state index is -0.0609. The Hall–Kier alpha value is -1.69. The standard InChI is InChI=1S/C24H32N2O2S/c27-23(25-24(22-11-6-18-29-22)19-7-2-1-3-8-19)14-17-26-15-12-21(13-16-26)28-20-9-4-5-10-20/h1-3,6-8,11,18,20-21,24H,4-5,9-10,12-17H2,(H,25,27). The maximum atomic E-state index is 12.7. The third kappa shape index (κ3) is 5.91. The zero-order chi connectivity index (χ0) is 19.9. The number of hydrogen-bond acceptors (Lipinski definition) is 4. The summed E-state index contributed by atoms with van der Waals surface area (Å²) in [5.74, 6) is 0.122. The molecular formula is C24H32N2O2S. The fourth-order valence-electron chi connectivity index (χ4n) is 4.48. The molecule has 0 spiro atoms. The summed E-state index contributed by atoms with van der Waals surface area (Å²) < 4.78 is 6.26. The first kappa shape index (κ1) is 20.6. The molecule has 4 rings (SSSR count). The van der Waals surface area contributed by atoms with E-state index in [1.807, 2.05) is 24.3 Å². The number of benzene rings is 1. The summed E-state index contributed by atoms with van der Waals surface area (Å²) in [7, 11) is 0. The van der Waals surface area contributed by atoms with Gasteiger partial charge in [-0.05, 0) is 42.7 Å². The van der Waals surface area contributed by atoms with Crippen LogP contribution in [0.4, 0.5) is 0 Å². The second-order valence-electron chi connectivity index (χ2n) is 8.26. The lowest BCUT2D eigenvalue weighted by Crippen LogP contribution is -2.40. The number of nitrogens with one attached hydrogen (secondary N) is 1. The Morgan fingerprint density at radius 1 is 1.03 bits per heavy atom. The molecule has 1 atom stereocenters. The second-order valence-corrected chi connectivity index (χ2v) is 9.24. The molecule has 1 N–H and O–H groups in total. The van der Waals surface area contributed by atoms with Crippen molar-refractivity contribution < 1.29 is 9.53 Å². The number of piperidine rings is 1. The van der Waals surface area contributed by atoms with Crippen molar-refractivity contribution in [1.82, 2.24) is 10.2 Å². The van der Waals surface area contributed by atoms with Crippen molar-refractivity contribution in [2.45, 2.75) is 63.2 Å². The van der Waals surface area contributed by atoms with Crippen LogP contribution in [0.1, 0.15) is 61.4 Å². The molecule has 2 heterocycles. The highest BCUT2D eigenvalue weighted by molar-refractivity contribution is 7.10. The number of carbonyl (C=O) groups is 1. The summed E-state index contributed by atoms with van der Waals surface area (Å²) in [6.45, 7) is 2.91. The molecule has 4 nitrogen and oxygen atoms in total. The number of hydrogen-bond donors (Lipinski definition) is 1. The Morgan fingerprint density at radius 3 is 2.45 bits per heavy atom. The monoisotopic (exact) mass is 412 g/mol. The number of nitrogens with zero attached hydrogens (tertiary/aromatic N) is 1. The van der Waals surface area contributed by atoms with Gasteiger partial charge in [-0.25, -0.2) is 0 Å². The molecule has 29 heavy (non-hydrogen) atoms. The maximum absolute atomic E-state index is 12.7. The number of rotatable bonds is 8. The molecule has 1 aromatic heterocycles. The SMILES string of the molecule is O=C(CCN1CCC(OC2CCCC2)CC1)NC(c1ccccc1)c1cccs1. The van der Waals surface area contributed by atoms with Crippen LogP contribution in [0.3, 0.4) is 0 Å². The van der Waals surface area contributed by atoms with Gasteiger partial charge in [-0.1, -0.05) is 49.2 Å². The van der Waals surface area contributed by atoms with Gasteiger partial charge in [0.1, 0.15) is 0 Å². The van der Waals surface area contributed by atoms with Crippen LogP contribution in [0.5, 0.6) is 0 Å². The summed E-state index contributed by atoms with van der Waals surface area (Å²) in [6.07, 6.45) is 8.81. The van der Waals surface area contributed by atoms with Crippen LogP contribution >= 0.6 is 11.3 Å². The Morgan fingerprint density at radius 2 is 1.76 bits per heavy atom. The van der Waals surface area contributed by atoms with Crippen molar-refractivity contribution >= 4 is 17.2 Å². The highest BCUT2D eigenvalue weighted by atomic mass is 32.1. The molecule has 1 saturated carbocycles. The van der Waals surface area contributed by atoms with Gasteiger partial charge in [-0.2, -0.15) is 0 Å². The van der Waals surface area contributed by atoms with Crippen molar-refractivity contribution in [3.8, 4) is 0 Å². The molecule has 0 radical (unpaired) electrons. The van der Waals surface area contributed by atoms with Gasteiger partial charge in [0.25, 0.3) is 0 Å². The average Bonchev–Trinajstić information content (AvgIpc) is 3.47. The van der Waals surface area contributed by atoms with Crippen LogP contribution in [-0.2, 0) is 9.53 Å². The van der Waals surface area contributed by atoms with E-state index < -0.39 is 0 Å². The summed E-state index contributed by atoms with van der Waals surface area (Å²) in [5, 5.41) is 5.32. The highest BCUT2D eigenvalue weighted by Crippen LogP contribution is 2.27. The highest BCUT2D eigenvalue weighted by Gasteiger charge is 2.25. The van der Waals surface area contributed by atoms with Crippen molar-refractivity contribution in [3.63, 3.8) is 0 Å². The topological polar surface area (TPSA) is 41.6 Å². The van der Waals surface area contributed by atoms with E-state index in [0.717, 1.165) is 38.0 Å². The lowest BCUT2D eigenvalue weighted by Gasteiger charge is -2.33. The molecule has 1 unspecified atom stereocenters. The van der Waals surface area contributed by atoms with Crippen molar-refractivity contribution in [2.75, 3.05) is 19.6 Å². The van der Waals surface area contributed by atoms with Crippen molar-refractivity contribution in [2.24, 2.45) is 0 Å². The van der Waals surface area contributed by atoms with Gasteiger partial charge in [0, 0.05) is 30.9 Å². The molecule has 1 aromatic carbocycles. The number of amides is 1. The Labute approximate surface area is 178 Å². The lowest BCUT2D eigenvalue weighted by molar-refractivity contribution is -0.122. The predicted octanol–water partition coefficient (Wildman–Crippen LogP) is 4.77. The van der Waals surface area contributed by atoms with Gasteiger partial charge in [-0.15, -0.1) is 11.3 Å². The predicted molar refractivity (Wildman–Crippen MR) is 118 cm³/mol.